The number of para-hydroxylation sites is 1. The molecule has 1 unspecified atom stereocenters. The van der Waals surface area contributed by atoms with Crippen molar-refractivity contribution in [3.8, 4) is 0 Å². The van der Waals surface area contributed by atoms with Crippen molar-refractivity contribution < 1.29 is 10.2 Å². The highest BCUT2D eigenvalue weighted by molar-refractivity contribution is 5.55. The summed E-state index contributed by atoms with van der Waals surface area (Å²) in [6.45, 7) is 2.95. The molecule has 2 rings (SSSR count). The first-order chi connectivity index (χ1) is 8.74. The lowest BCUT2D eigenvalue weighted by Crippen LogP contribution is -2.38. The molecule has 0 aromatic heterocycles. The van der Waals surface area contributed by atoms with Crippen LogP contribution in [0.2, 0.25) is 0 Å². The number of rotatable bonds is 3. The monoisotopic (exact) mass is 249 g/mol. The van der Waals surface area contributed by atoms with Gasteiger partial charge in [0, 0.05) is 17.8 Å². The van der Waals surface area contributed by atoms with E-state index in [0.717, 1.165) is 30.6 Å². The maximum Gasteiger partial charge on any atom is 0.0781 e. The van der Waals surface area contributed by atoms with Gasteiger partial charge in [0.25, 0.3) is 0 Å². The highest BCUT2D eigenvalue weighted by Gasteiger charge is 2.23. The van der Waals surface area contributed by atoms with E-state index in [0.29, 0.717) is 0 Å². The fourth-order valence-electron chi connectivity index (χ4n) is 2.79. The van der Waals surface area contributed by atoms with E-state index in [4.69, 9.17) is 0 Å². The van der Waals surface area contributed by atoms with Crippen molar-refractivity contribution in [3.05, 3.63) is 29.8 Å². The van der Waals surface area contributed by atoms with Gasteiger partial charge in [0.05, 0.1) is 18.8 Å². The molecule has 0 spiro atoms. The fourth-order valence-corrected chi connectivity index (χ4v) is 2.79. The maximum atomic E-state index is 9.88. The predicted octanol–water partition coefficient (Wildman–Crippen LogP) is 2.48. The van der Waals surface area contributed by atoms with E-state index in [1.54, 1.807) is 6.92 Å². The number of aliphatic hydroxyl groups is 2. The van der Waals surface area contributed by atoms with Gasteiger partial charge in [0.1, 0.15) is 0 Å². The third kappa shape index (κ3) is 2.85. The van der Waals surface area contributed by atoms with Crippen molar-refractivity contribution in [3.63, 3.8) is 0 Å². The summed E-state index contributed by atoms with van der Waals surface area (Å²) in [6.07, 6.45) is 4.13. The standard InChI is InChI=1S/C15H23NO2/c1-12(18)14-8-4-5-9-15(14)16-10-6-2-3-7-13(16)11-17/h4-5,8-9,12-13,17-18H,2-3,6-7,10-11H2,1H3/t12-,13?/m1/s1. The van der Waals surface area contributed by atoms with Crippen LogP contribution in [0.4, 0.5) is 5.69 Å². The van der Waals surface area contributed by atoms with Crippen LogP contribution in [-0.2, 0) is 0 Å². The molecule has 3 heteroatoms. The average Bonchev–Trinajstić information content (AvgIpc) is 2.63. The summed E-state index contributed by atoms with van der Waals surface area (Å²) in [4.78, 5) is 2.27. The Balaban J connectivity index is 2.32. The first kappa shape index (κ1) is 13.4. The average molecular weight is 249 g/mol. The molecule has 18 heavy (non-hydrogen) atoms. The molecule has 0 aliphatic carbocycles. The smallest absolute Gasteiger partial charge is 0.0781 e. The van der Waals surface area contributed by atoms with E-state index in [-0.39, 0.29) is 12.6 Å². The predicted molar refractivity (Wildman–Crippen MR) is 73.8 cm³/mol. The molecule has 1 aromatic rings. The van der Waals surface area contributed by atoms with Crippen molar-refractivity contribution in [2.24, 2.45) is 0 Å². The zero-order valence-corrected chi connectivity index (χ0v) is 11.0. The molecule has 0 amide bonds. The van der Waals surface area contributed by atoms with Crippen LogP contribution in [0, 0.1) is 0 Å². The number of anilines is 1. The minimum atomic E-state index is -0.469. The van der Waals surface area contributed by atoms with Crippen LogP contribution >= 0.6 is 0 Å². The molecule has 0 saturated carbocycles. The largest absolute Gasteiger partial charge is 0.394 e. The minimum Gasteiger partial charge on any atom is -0.394 e. The highest BCUT2D eigenvalue weighted by Crippen LogP contribution is 2.30. The highest BCUT2D eigenvalue weighted by atomic mass is 16.3. The molecule has 1 saturated heterocycles. The van der Waals surface area contributed by atoms with E-state index in [1.165, 1.54) is 12.8 Å². The third-order valence-electron chi connectivity index (χ3n) is 3.78. The Hall–Kier alpha value is -1.06. The first-order valence-electron chi connectivity index (χ1n) is 6.88. The van der Waals surface area contributed by atoms with Crippen LogP contribution in [-0.4, -0.2) is 29.4 Å². The molecule has 1 fully saturated rings. The summed E-state index contributed by atoms with van der Waals surface area (Å²) in [7, 11) is 0. The van der Waals surface area contributed by atoms with Crippen molar-refractivity contribution >= 4 is 5.69 Å². The van der Waals surface area contributed by atoms with Gasteiger partial charge in [-0.15, -0.1) is 0 Å². The maximum absolute atomic E-state index is 9.88. The lowest BCUT2D eigenvalue weighted by Gasteiger charge is -2.33. The first-order valence-corrected chi connectivity index (χ1v) is 6.88. The zero-order valence-electron chi connectivity index (χ0n) is 11.0. The molecule has 1 aliphatic rings. The molecular formula is C15H23NO2. The van der Waals surface area contributed by atoms with Crippen molar-refractivity contribution in [2.75, 3.05) is 18.1 Å². The van der Waals surface area contributed by atoms with E-state index in [9.17, 15) is 10.2 Å². The van der Waals surface area contributed by atoms with Crippen molar-refractivity contribution in [1.29, 1.82) is 0 Å². The van der Waals surface area contributed by atoms with Gasteiger partial charge in [-0.1, -0.05) is 31.0 Å². The Bertz CT molecular complexity index is 379. The van der Waals surface area contributed by atoms with E-state index < -0.39 is 6.10 Å². The Morgan fingerprint density at radius 2 is 2.06 bits per heavy atom. The minimum absolute atomic E-state index is 0.187. The summed E-state index contributed by atoms with van der Waals surface area (Å²) in [6, 6.07) is 8.17. The van der Waals surface area contributed by atoms with Crippen LogP contribution in [0.15, 0.2) is 24.3 Å². The lowest BCUT2D eigenvalue weighted by atomic mass is 10.0. The fraction of sp³-hybridized carbons (Fsp3) is 0.600. The second kappa shape index (κ2) is 6.21. The van der Waals surface area contributed by atoms with Gasteiger partial charge in [-0.2, -0.15) is 0 Å². The van der Waals surface area contributed by atoms with Gasteiger partial charge < -0.3 is 15.1 Å². The Labute approximate surface area is 109 Å². The molecule has 1 heterocycles. The van der Waals surface area contributed by atoms with E-state index in [2.05, 4.69) is 11.0 Å². The Morgan fingerprint density at radius 1 is 1.28 bits per heavy atom. The number of aliphatic hydroxyl groups excluding tert-OH is 2. The van der Waals surface area contributed by atoms with E-state index in [1.807, 2.05) is 18.2 Å². The number of nitrogens with zero attached hydrogens (tertiary/aromatic N) is 1. The molecule has 2 atom stereocenters. The van der Waals surface area contributed by atoms with Gasteiger partial charge >= 0.3 is 0 Å². The SMILES string of the molecule is C[C@@H](O)c1ccccc1N1CCCCCC1CO. The quantitative estimate of drug-likeness (QED) is 0.865. The van der Waals surface area contributed by atoms with E-state index >= 15 is 0 Å². The molecule has 3 nitrogen and oxygen atoms in total. The van der Waals surface area contributed by atoms with Crippen LogP contribution in [0.25, 0.3) is 0 Å². The molecule has 2 N–H and O–H groups in total. The summed E-state index contributed by atoms with van der Waals surface area (Å²) in [5, 5.41) is 19.4. The third-order valence-corrected chi connectivity index (χ3v) is 3.78. The Kier molecular flexibility index (Phi) is 4.61. The molecule has 1 aliphatic heterocycles. The second-order valence-electron chi connectivity index (χ2n) is 5.11. The van der Waals surface area contributed by atoms with Crippen molar-refractivity contribution in [1.82, 2.24) is 0 Å². The Morgan fingerprint density at radius 3 is 2.78 bits per heavy atom. The number of hydrogen-bond donors (Lipinski definition) is 2. The molecular weight excluding hydrogens is 226 g/mol. The summed E-state index contributed by atoms with van der Waals surface area (Å²) >= 11 is 0. The van der Waals surface area contributed by atoms with Gasteiger partial charge in [-0.3, -0.25) is 0 Å². The molecule has 1 aromatic carbocycles. The normalized spacial score (nSPS) is 22.6. The summed E-state index contributed by atoms with van der Waals surface area (Å²) in [5.41, 5.74) is 2.03. The number of benzene rings is 1. The molecule has 0 radical (unpaired) electrons. The molecule has 0 bridgehead atoms. The van der Waals surface area contributed by atoms with Gasteiger partial charge in [-0.05, 0) is 25.8 Å². The molecule has 100 valence electrons. The lowest BCUT2D eigenvalue weighted by molar-refractivity contribution is 0.199. The number of hydrogen-bond acceptors (Lipinski definition) is 3. The van der Waals surface area contributed by atoms with Crippen LogP contribution < -0.4 is 4.90 Å². The van der Waals surface area contributed by atoms with Crippen LogP contribution in [0.1, 0.15) is 44.3 Å². The van der Waals surface area contributed by atoms with Crippen LogP contribution in [0.5, 0.6) is 0 Å². The zero-order chi connectivity index (χ0) is 13.0. The van der Waals surface area contributed by atoms with Crippen molar-refractivity contribution in [2.45, 2.75) is 44.8 Å². The summed E-state index contributed by atoms with van der Waals surface area (Å²) in [5.74, 6) is 0. The van der Waals surface area contributed by atoms with Crippen LogP contribution in [0.3, 0.4) is 0 Å². The van der Waals surface area contributed by atoms with Gasteiger partial charge in [-0.25, -0.2) is 0 Å². The topological polar surface area (TPSA) is 43.7 Å². The van der Waals surface area contributed by atoms with Gasteiger partial charge in [0.2, 0.25) is 0 Å². The van der Waals surface area contributed by atoms with Gasteiger partial charge in [0.15, 0.2) is 0 Å². The second-order valence-corrected chi connectivity index (χ2v) is 5.11. The summed E-state index contributed by atoms with van der Waals surface area (Å²) < 4.78 is 0.